The lowest BCUT2D eigenvalue weighted by Gasteiger charge is -2.21. The topological polar surface area (TPSA) is 4.93 Å². The number of rotatable bonds is 7. The molecule has 0 spiro atoms. The SMILES string of the molecule is c1ccc(-c2cccc(-c3ccc4c(c3)c3ccccc3n4-c3ccc(-c4c5ccccc5c(-c5ccc6c(c5)C(c5ccccc5-c5ccccc5)c5ccccc5-6)c5ccccc45)cc3)c2)cc1. The number of fused-ring (bicyclic) bond motifs is 8. The van der Waals surface area contributed by atoms with E-state index in [1.54, 1.807) is 0 Å². The van der Waals surface area contributed by atoms with E-state index < -0.39 is 0 Å². The molecular formula is C69H45N. The predicted molar refractivity (Wildman–Crippen MR) is 296 cm³/mol. The van der Waals surface area contributed by atoms with Gasteiger partial charge in [-0.2, -0.15) is 0 Å². The van der Waals surface area contributed by atoms with Gasteiger partial charge in [0.15, 0.2) is 0 Å². The molecular weight excluding hydrogens is 843 g/mol. The molecule has 70 heavy (non-hydrogen) atoms. The van der Waals surface area contributed by atoms with Gasteiger partial charge in [-0.05, 0) is 147 Å². The van der Waals surface area contributed by atoms with Gasteiger partial charge in [0.2, 0.25) is 0 Å². The quantitative estimate of drug-likeness (QED) is 0.141. The molecule has 0 radical (unpaired) electrons. The summed E-state index contributed by atoms with van der Waals surface area (Å²) in [6.45, 7) is 0. The summed E-state index contributed by atoms with van der Waals surface area (Å²) in [5.74, 6) is 0.103. The Labute approximate surface area is 407 Å². The Hall–Kier alpha value is -9.04. The van der Waals surface area contributed by atoms with E-state index in [9.17, 15) is 0 Å². The van der Waals surface area contributed by atoms with E-state index in [0.29, 0.717) is 0 Å². The number of aromatic nitrogens is 1. The van der Waals surface area contributed by atoms with Crippen LogP contribution in [0.4, 0.5) is 0 Å². The van der Waals surface area contributed by atoms with Crippen LogP contribution in [-0.4, -0.2) is 4.57 Å². The van der Waals surface area contributed by atoms with Crippen molar-refractivity contribution in [2.45, 2.75) is 5.92 Å². The van der Waals surface area contributed by atoms with Gasteiger partial charge in [-0.3, -0.25) is 0 Å². The third-order valence-corrected chi connectivity index (χ3v) is 14.9. The van der Waals surface area contributed by atoms with Crippen molar-refractivity contribution in [1.29, 1.82) is 0 Å². The van der Waals surface area contributed by atoms with Crippen LogP contribution in [0, 0.1) is 0 Å². The predicted octanol–water partition coefficient (Wildman–Crippen LogP) is 18.6. The van der Waals surface area contributed by atoms with Gasteiger partial charge in [-0.15, -0.1) is 0 Å². The van der Waals surface area contributed by atoms with Gasteiger partial charge in [0, 0.05) is 22.4 Å². The van der Waals surface area contributed by atoms with Crippen molar-refractivity contribution in [2.24, 2.45) is 0 Å². The zero-order chi connectivity index (χ0) is 46.1. The fourth-order valence-corrected chi connectivity index (χ4v) is 11.8. The Morgan fingerprint density at radius 3 is 1.37 bits per heavy atom. The Balaban J connectivity index is 0.888. The summed E-state index contributed by atoms with van der Waals surface area (Å²) < 4.78 is 2.43. The molecule has 0 N–H and O–H groups in total. The van der Waals surface area contributed by atoms with E-state index in [1.165, 1.54) is 127 Å². The summed E-state index contributed by atoms with van der Waals surface area (Å²) in [6, 6.07) is 98.7. The zero-order valence-corrected chi connectivity index (χ0v) is 38.4. The standard InChI is InChI=1S/C69H45N/c1-3-18-45(19-4-1)48-22-17-23-49(42-48)50-37-41-66-63(43-50)56-26-15-16-33-65(56)70(66)52-38-34-47(35-39-52)67-59-29-11-13-31-61(59)68(62-32-14-12-30-60(62)67)51-36-40-55-54-25-8-10-28-58(54)69(64(55)44-51)57-27-9-7-24-53(57)46-20-5-2-6-21-46/h1-44,69H. The van der Waals surface area contributed by atoms with Crippen molar-refractivity contribution in [3.8, 4) is 72.4 Å². The van der Waals surface area contributed by atoms with E-state index in [0.717, 1.165) is 5.69 Å². The van der Waals surface area contributed by atoms with E-state index in [1.807, 2.05) is 0 Å². The van der Waals surface area contributed by atoms with E-state index in [-0.39, 0.29) is 5.92 Å². The number of hydrogen-bond donors (Lipinski definition) is 0. The first kappa shape index (κ1) is 40.1. The summed E-state index contributed by atoms with van der Waals surface area (Å²) >= 11 is 0. The second kappa shape index (κ2) is 16.3. The molecule has 1 unspecified atom stereocenters. The van der Waals surface area contributed by atoms with Crippen molar-refractivity contribution in [3.63, 3.8) is 0 Å². The van der Waals surface area contributed by atoms with Crippen LogP contribution < -0.4 is 0 Å². The highest BCUT2D eigenvalue weighted by Crippen LogP contribution is 2.52. The molecule has 0 fully saturated rings. The highest BCUT2D eigenvalue weighted by atomic mass is 15.0. The van der Waals surface area contributed by atoms with Gasteiger partial charge in [0.05, 0.1) is 11.0 Å². The van der Waals surface area contributed by atoms with Crippen LogP contribution in [0.5, 0.6) is 0 Å². The maximum absolute atomic E-state index is 2.50. The van der Waals surface area contributed by atoms with E-state index >= 15 is 0 Å². The summed E-state index contributed by atoms with van der Waals surface area (Å²) in [4.78, 5) is 0. The maximum Gasteiger partial charge on any atom is 0.0541 e. The Morgan fingerprint density at radius 2 is 0.686 bits per heavy atom. The van der Waals surface area contributed by atoms with Crippen LogP contribution in [0.15, 0.2) is 267 Å². The highest BCUT2D eigenvalue weighted by Gasteiger charge is 2.32. The van der Waals surface area contributed by atoms with Gasteiger partial charge in [-0.1, -0.05) is 224 Å². The first-order chi connectivity index (χ1) is 34.7. The molecule has 1 heteroatoms. The van der Waals surface area contributed by atoms with Crippen LogP contribution in [0.2, 0.25) is 0 Å². The molecule has 326 valence electrons. The average Bonchev–Trinajstić information content (AvgIpc) is 3.95. The molecule has 12 aromatic carbocycles. The lowest BCUT2D eigenvalue weighted by molar-refractivity contribution is 1.02. The summed E-state index contributed by atoms with van der Waals surface area (Å²) in [5, 5.41) is 7.50. The van der Waals surface area contributed by atoms with E-state index in [4.69, 9.17) is 0 Å². The van der Waals surface area contributed by atoms with Crippen molar-refractivity contribution in [1.82, 2.24) is 4.57 Å². The van der Waals surface area contributed by atoms with Crippen LogP contribution in [0.1, 0.15) is 22.6 Å². The van der Waals surface area contributed by atoms with Gasteiger partial charge in [-0.25, -0.2) is 0 Å². The molecule has 13 aromatic rings. The average molecular weight is 888 g/mol. The number of para-hydroxylation sites is 1. The van der Waals surface area contributed by atoms with Crippen LogP contribution in [-0.2, 0) is 0 Å². The first-order valence-electron chi connectivity index (χ1n) is 24.4. The van der Waals surface area contributed by atoms with Crippen LogP contribution >= 0.6 is 0 Å². The normalized spacial score (nSPS) is 13.0. The molecule has 0 amide bonds. The number of benzene rings is 12. The second-order valence-corrected chi connectivity index (χ2v) is 18.7. The summed E-state index contributed by atoms with van der Waals surface area (Å²) in [6.07, 6.45) is 0. The molecule has 1 heterocycles. The third kappa shape index (κ3) is 6.40. The molecule has 1 atom stereocenters. The Morgan fingerprint density at radius 1 is 0.229 bits per heavy atom. The van der Waals surface area contributed by atoms with E-state index in [2.05, 4.69) is 271 Å². The molecule has 1 aliphatic rings. The first-order valence-corrected chi connectivity index (χ1v) is 24.4. The molecule has 1 nitrogen and oxygen atoms in total. The summed E-state index contributed by atoms with van der Waals surface area (Å²) in [7, 11) is 0. The van der Waals surface area contributed by atoms with Crippen molar-refractivity contribution in [2.75, 3.05) is 0 Å². The minimum absolute atomic E-state index is 0.103. The molecule has 0 saturated heterocycles. The van der Waals surface area contributed by atoms with Crippen molar-refractivity contribution >= 4 is 43.4 Å². The molecule has 1 aromatic heterocycles. The number of hydrogen-bond acceptors (Lipinski definition) is 0. The van der Waals surface area contributed by atoms with Gasteiger partial charge in [0.1, 0.15) is 0 Å². The maximum atomic E-state index is 2.50. The minimum Gasteiger partial charge on any atom is -0.309 e. The highest BCUT2D eigenvalue weighted by molar-refractivity contribution is 6.21. The molecule has 0 aliphatic heterocycles. The molecule has 14 rings (SSSR count). The van der Waals surface area contributed by atoms with Gasteiger partial charge >= 0.3 is 0 Å². The van der Waals surface area contributed by atoms with Gasteiger partial charge in [0.25, 0.3) is 0 Å². The third-order valence-electron chi connectivity index (χ3n) is 14.9. The summed E-state index contributed by atoms with van der Waals surface area (Å²) in [5.41, 5.74) is 22.6. The van der Waals surface area contributed by atoms with Crippen LogP contribution in [0.3, 0.4) is 0 Å². The van der Waals surface area contributed by atoms with Crippen LogP contribution in [0.25, 0.3) is 116 Å². The lowest BCUT2D eigenvalue weighted by Crippen LogP contribution is -2.02. The molecule has 1 aliphatic carbocycles. The Kier molecular flexibility index (Phi) is 9.35. The molecule has 0 bridgehead atoms. The fourth-order valence-electron chi connectivity index (χ4n) is 11.8. The monoisotopic (exact) mass is 887 g/mol. The second-order valence-electron chi connectivity index (χ2n) is 18.7. The lowest BCUT2D eigenvalue weighted by atomic mass is 9.82. The number of nitrogens with zero attached hydrogens (tertiary/aromatic N) is 1. The van der Waals surface area contributed by atoms with Crippen molar-refractivity contribution < 1.29 is 0 Å². The largest absolute Gasteiger partial charge is 0.309 e. The van der Waals surface area contributed by atoms with Gasteiger partial charge < -0.3 is 4.57 Å². The molecule has 0 saturated carbocycles. The van der Waals surface area contributed by atoms with Crippen molar-refractivity contribution in [3.05, 3.63) is 284 Å². The fraction of sp³-hybridized carbons (Fsp3) is 0.0145. The smallest absolute Gasteiger partial charge is 0.0541 e. The Bertz CT molecular complexity index is 4100. The minimum atomic E-state index is 0.103. The zero-order valence-electron chi connectivity index (χ0n) is 38.4.